The molecule has 0 aromatic carbocycles. The largest absolute Gasteiger partial charge is 0.354 e. The molecule has 1 aromatic heterocycles. The van der Waals surface area contributed by atoms with Crippen LogP contribution in [-0.4, -0.2) is 23.1 Å². The van der Waals surface area contributed by atoms with Crippen LogP contribution in [0, 0.1) is 11.7 Å². The molecule has 0 N–H and O–H groups in total. The maximum absolute atomic E-state index is 14.2. The quantitative estimate of drug-likeness (QED) is 0.823. The van der Waals surface area contributed by atoms with Crippen molar-refractivity contribution in [3.8, 4) is 0 Å². The van der Waals surface area contributed by atoms with Gasteiger partial charge in [0, 0.05) is 13.1 Å². The highest BCUT2D eigenvalue weighted by Gasteiger charge is 2.23. The summed E-state index contributed by atoms with van der Waals surface area (Å²) in [6.07, 6.45) is 6.93. The normalized spacial score (nSPS) is 20.2. The summed E-state index contributed by atoms with van der Waals surface area (Å²) < 4.78 is 14.2. The fourth-order valence-electron chi connectivity index (χ4n) is 2.76. The van der Waals surface area contributed by atoms with Gasteiger partial charge in [0.1, 0.15) is 6.33 Å². The summed E-state index contributed by atoms with van der Waals surface area (Å²) in [4.78, 5) is 10.2. The summed E-state index contributed by atoms with van der Waals surface area (Å²) in [7, 11) is 0. The zero-order valence-electron chi connectivity index (χ0n) is 11.3. The Labute approximate surface area is 108 Å². The van der Waals surface area contributed by atoms with Gasteiger partial charge in [0.05, 0.1) is 5.69 Å². The van der Waals surface area contributed by atoms with Crippen LogP contribution in [0.5, 0.6) is 0 Å². The van der Waals surface area contributed by atoms with Gasteiger partial charge in [0.25, 0.3) is 0 Å². The summed E-state index contributed by atoms with van der Waals surface area (Å²) in [5.41, 5.74) is 0.526. The van der Waals surface area contributed by atoms with Gasteiger partial charge in [-0.15, -0.1) is 0 Å². The van der Waals surface area contributed by atoms with Crippen LogP contribution in [0.3, 0.4) is 0 Å². The Balaban J connectivity index is 2.15. The minimum Gasteiger partial charge on any atom is -0.354 e. The monoisotopic (exact) mass is 251 g/mol. The summed E-state index contributed by atoms with van der Waals surface area (Å²) in [6, 6.07) is 0. The van der Waals surface area contributed by atoms with E-state index in [4.69, 9.17) is 0 Å². The smallest absolute Gasteiger partial charge is 0.187 e. The van der Waals surface area contributed by atoms with Gasteiger partial charge in [0.2, 0.25) is 0 Å². The van der Waals surface area contributed by atoms with Crippen molar-refractivity contribution >= 4 is 5.82 Å². The molecule has 1 atom stereocenters. The second-order valence-corrected chi connectivity index (χ2v) is 5.05. The van der Waals surface area contributed by atoms with Crippen LogP contribution in [0.1, 0.15) is 45.2 Å². The van der Waals surface area contributed by atoms with Crippen LogP contribution in [-0.2, 0) is 6.42 Å². The van der Waals surface area contributed by atoms with Gasteiger partial charge in [-0.2, -0.15) is 0 Å². The second kappa shape index (κ2) is 6.12. The van der Waals surface area contributed by atoms with Crippen LogP contribution < -0.4 is 4.90 Å². The van der Waals surface area contributed by atoms with Crippen molar-refractivity contribution in [2.45, 2.75) is 46.0 Å². The Kier molecular flexibility index (Phi) is 4.50. The Morgan fingerprint density at radius 2 is 2.22 bits per heavy atom. The Morgan fingerprint density at radius 3 is 2.94 bits per heavy atom. The molecule has 4 heteroatoms. The van der Waals surface area contributed by atoms with Crippen LogP contribution >= 0.6 is 0 Å². The Morgan fingerprint density at radius 1 is 1.39 bits per heavy atom. The number of hydrogen-bond acceptors (Lipinski definition) is 3. The molecule has 1 unspecified atom stereocenters. The van der Waals surface area contributed by atoms with Crippen molar-refractivity contribution in [1.82, 2.24) is 9.97 Å². The van der Waals surface area contributed by atoms with E-state index in [-0.39, 0.29) is 5.82 Å². The lowest BCUT2D eigenvalue weighted by molar-refractivity contribution is 0.383. The van der Waals surface area contributed by atoms with Crippen LogP contribution in [0.4, 0.5) is 10.2 Å². The predicted octanol–water partition coefficient (Wildman–Crippen LogP) is 3.19. The fourth-order valence-corrected chi connectivity index (χ4v) is 2.76. The summed E-state index contributed by atoms with van der Waals surface area (Å²) >= 11 is 0. The molecule has 1 aliphatic rings. The molecule has 0 bridgehead atoms. The van der Waals surface area contributed by atoms with E-state index < -0.39 is 0 Å². The number of piperidine rings is 1. The number of hydrogen-bond donors (Lipinski definition) is 0. The van der Waals surface area contributed by atoms with Gasteiger partial charge >= 0.3 is 0 Å². The van der Waals surface area contributed by atoms with Gasteiger partial charge in [-0.3, -0.25) is 0 Å². The average molecular weight is 251 g/mol. The topological polar surface area (TPSA) is 29.0 Å². The van der Waals surface area contributed by atoms with Crippen LogP contribution in [0.2, 0.25) is 0 Å². The number of halogens is 1. The van der Waals surface area contributed by atoms with E-state index >= 15 is 0 Å². The fraction of sp³-hybridized carbons (Fsp3) is 0.714. The Hall–Kier alpha value is -1.19. The van der Waals surface area contributed by atoms with Crippen molar-refractivity contribution in [1.29, 1.82) is 0 Å². The first-order valence-electron chi connectivity index (χ1n) is 7.00. The predicted molar refractivity (Wildman–Crippen MR) is 71.2 cm³/mol. The van der Waals surface area contributed by atoms with Crippen molar-refractivity contribution in [3.05, 3.63) is 17.8 Å². The molecule has 1 saturated heterocycles. The highest BCUT2D eigenvalue weighted by atomic mass is 19.1. The average Bonchev–Trinajstić information content (AvgIpc) is 2.40. The molecule has 2 rings (SSSR count). The highest BCUT2D eigenvalue weighted by molar-refractivity contribution is 5.41. The van der Waals surface area contributed by atoms with Gasteiger partial charge in [0.15, 0.2) is 11.6 Å². The number of nitrogens with zero attached hydrogens (tertiary/aromatic N) is 3. The van der Waals surface area contributed by atoms with E-state index in [1.807, 2.05) is 6.92 Å². The molecular formula is C14H22FN3. The van der Waals surface area contributed by atoms with Crippen LogP contribution in [0.15, 0.2) is 6.33 Å². The maximum Gasteiger partial charge on any atom is 0.187 e. The van der Waals surface area contributed by atoms with Crippen molar-refractivity contribution < 1.29 is 4.39 Å². The molecule has 0 saturated carbocycles. The van der Waals surface area contributed by atoms with Crippen molar-refractivity contribution in [2.75, 3.05) is 18.0 Å². The third-order valence-corrected chi connectivity index (χ3v) is 3.69. The molecule has 0 amide bonds. The molecule has 1 aromatic rings. The van der Waals surface area contributed by atoms with E-state index in [0.717, 1.165) is 19.5 Å². The third kappa shape index (κ3) is 2.79. The summed E-state index contributed by atoms with van der Waals surface area (Å²) in [5, 5.41) is 0. The Bertz CT molecular complexity index is 393. The van der Waals surface area contributed by atoms with Crippen LogP contribution in [0.25, 0.3) is 0 Å². The van der Waals surface area contributed by atoms with Crippen molar-refractivity contribution in [2.24, 2.45) is 5.92 Å². The highest BCUT2D eigenvalue weighted by Crippen LogP contribution is 2.26. The number of rotatable bonds is 4. The first-order valence-corrected chi connectivity index (χ1v) is 7.00. The molecular weight excluding hydrogens is 229 g/mol. The van der Waals surface area contributed by atoms with Gasteiger partial charge in [-0.05, 0) is 31.6 Å². The lowest BCUT2D eigenvalue weighted by Crippen LogP contribution is -2.36. The first-order chi connectivity index (χ1) is 8.76. The lowest BCUT2D eigenvalue weighted by atomic mass is 9.94. The lowest BCUT2D eigenvalue weighted by Gasteiger charge is -2.33. The van der Waals surface area contributed by atoms with E-state index in [2.05, 4.69) is 21.8 Å². The molecule has 0 spiro atoms. The first kappa shape index (κ1) is 13.2. The summed E-state index contributed by atoms with van der Waals surface area (Å²) in [5.74, 6) is 0.961. The minimum absolute atomic E-state index is 0.225. The van der Waals surface area contributed by atoms with E-state index in [1.165, 1.54) is 25.6 Å². The molecule has 0 radical (unpaired) electrons. The summed E-state index contributed by atoms with van der Waals surface area (Å²) in [6.45, 7) is 5.98. The zero-order chi connectivity index (χ0) is 13.0. The van der Waals surface area contributed by atoms with Gasteiger partial charge in [-0.25, -0.2) is 14.4 Å². The molecule has 100 valence electrons. The standard InChI is InChI=1S/C14H22FN3/c1-3-6-11-7-5-8-18(9-11)14-13(15)12(4-2)16-10-17-14/h10-11H,3-9H2,1-2H3. The molecule has 1 fully saturated rings. The second-order valence-electron chi connectivity index (χ2n) is 5.05. The third-order valence-electron chi connectivity index (χ3n) is 3.69. The van der Waals surface area contributed by atoms with E-state index in [1.54, 1.807) is 0 Å². The molecule has 18 heavy (non-hydrogen) atoms. The zero-order valence-corrected chi connectivity index (χ0v) is 11.3. The number of aromatic nitrogens is 2. The molecule has 1 aliphatic heterocycles. The maximum atomic E-state index is 14.2. The van der Waals surface area contributed by atoms with Gasteiger partial charge in [-0.1, -0.05) is 20.3 Å². The number of aryl methyl sites for hydroxylation is 1. The van der Waals surface area contributed by atoms with E-state index in [9.17, 15) is 4.39 Å². The SMILES string of the molecule is CCCC1CCCN(c2ncnc(CC)c2F)C1. The van der Waals surface area contributed by atoms with Gasteiger partial charge < -0.3 is 4.90 Å². The molecule has 3 nitrogen and oxygen atoms in total. The minimum atomic E-state index is -0.225. The molecule has 0 aliphatic carbocycles. The molecule has 2 heterocycles. The van der Waals surface area contributed by atoms with E-state index in [0.29, 0.717) is 23.9 Å². The number of anilines is 1. The van der Waals surface area contributed by atoms with Crippen molar-refractivity contribution in [3.63, 3.8) is 0 Å².